The van der Waals surface area contributed by atoms with E-state index in [4.69, 9.17) is 22.1 Å². The zero-order valence-corrected chi connectivity index (χ0v) is 10.7. The van der Waals surface area contributed by atoms with Crippen LogP contribution in [0.2, 0.25) is 5.02 Å². The van der Waals surface area contributed by atoms with Crippen molar-refractivity contribution in [1.82, 2.24) is 20.2 Å². The number of hydrogen-bond acceptors (Lipinski definition) is 5. The summed E-state index contributed by atoms with van der Waals surface area (Å²) >= 11 is 5.92. The molecule has 0 spiro atoms. The molecule has 0 bridgehead atoms. The van der Waals surface area contributed by atoms with Crippen molar-refractivity contribution >= 4 is 17.7 Å². The Morgan fingerprint density at radius 3 is 3.00 bits per heavy atom. The van der Waals surface area contributed by atoms with Gasteiger partial charge >= 0.3 is 6.09 Å². The van der Waals surface area contributed by atoms with Gasteiger partial charge in [0.1, 0.15) is 12.6 Å². The fourth-order valence-corrected chi connectivity index (χ4v) is 1.88. The number of hydrogen-bond donors (Lipinski definition) is 1. The molecular formula is C11H12ClN5O2. The molecule has 1 heterocycles. The summed E-state index contributed by atoms with van der Waals surface area (Å²) in [6.45, 7) is 0.0677. The highest BCUT2D eigenvalue weighted by atomic mass is 35.5. The Bertz CT molecular complexity index is 546. The fourth-order valence-electron chi connectivity index (χ4n) is 1.66. The van der Waals surface area contributed by atoms with E-state index in [-0.39, 0.29) is 12.6 Å². The molecule has 0 radical (unpaired) electrons. The van der Waals surface area contributed by atoms with Gasteiger partial charge in [-0.1, -0.05) is 23.7 Å². The number of primary amides is 1. The van der Waals surface area contributed by atoms with Crippen molar-refractivity contribution in [2.45, 2.75) is 12.5 Å². The first kappa shape index (κ1) is 13.3. The Morgan fingerprint density at radius 2 is 2.37 bits per heavy atom. The van der Waals surface area contributed by atoms with Crippen LogP contribution >= 0.6 is 11.6 Å². The molecule has 1 aromatic carbocycles. The molecule has 1 atom stereocenters. The molecule has 1 aromatic heterocycles. The first-order valence-electron chi connectivity index (χ1n) is 5.54. The van der Waals surface area contributed by atoms with Crippen LogP contribution in [0.25, 0.3) is 0 Å². The highest BCUT2D eigenvalue weighted by Crippen LogP contribution is 2.16. The number of benzene rings is 1. The van der Waals surface area contributed by atoms with E-state index < -0.39 is 6.09 Å². The number of carbonyl (C=O) groups excluding carboxylic acids is 1. The van der Waals surface area contributed by atoms with Crippen LogP contribution in [0.15, 0.2) is 30.6 Å². The highest BCUT2D eigenvalue weighted by Gasteiger charge is 2.16. The van der Waals surface area contributed by atoms with Crippen molar-refractivity contribution in [1.29, 1.82) is 0 Å². The maximum atomic E-state index is 10.7. The second-order valence-electron chi connectivity index (χ2n) is 3.87. The summed E-state index contributed by atoms with van der Waals surface area (Å²) in [5.41, 5.74) is 5.94. The van der Waals surface area contributed by atoms with Gasteiger partial charge in [-0.25, -0.2) is 4.79 Å². The maximum absolute atomic E-state index is 10.7. The minimum Gasteiger partial charge on any atom is -0.447 e. The van der Waals surface area contributed by atoms with Gasteiger partial charge in [-0.3, -0.25) is 0 Å². The van der Waals surface area contributed by atoms with E-state index in [1.807, 2.05) is 18.2 Å². The van der Waals surface area contributed by atoms with E-state index in [1.165, 1.54) is 11.1 Å². The number of ether oxygens (including phenoxy) is 1. The minimum absolute atomic E-state index is 0.0677. The molecule has 2 N–H and O–H groups in total. The summed E-state index contributed by atoms with van der Waals surface area (Å²) in [6.07, 6.45) is 1.02. The maximum Gasteiger partial charge on any atom is 0.404 e. The van der Waals surface area contributed by atoms with E-state index >= 15 is 0 Å². The van der Waals surface area contributed by atoms with Crippen LogP contribution in [-0.2, 0) is 11.2 Å². The summed E-state index contributed by atoms with van der Waals surface area (Å²) in [5.74, 6) is 0. The molecule has 100 valence electrons. The standard InChI is InChI=1S/C11H12ClN5O2/c12-9-3-1-2-8(4-9)5-10(6-19-11(13)18)17-15-7-14-16-17/h1-4,7,10H,5-6H2,(H2,13,18). The number of nitrogens with two attached hydrogens (primary N) is 1. The molecule has 2 rings (SSSR count). The SMILES string of the molecule is NC(=O)OCC(Cc1cccc(Cl)c1)n1ncnn1. The van der Waals surface area contributed by atoms with Crippen LogP contribution in [-0.4, -0.2) is 32.9 Å². The van der Waals surface area contributed by atoms with Crippen molar-refractivity contribution in [3.05, 3.63) is 41.2 Å². The molecule has 0 aliphatic carbocycles. The summed E-state index contributed by atoms with van der Waals surface area (Å²) < 4.78 is 4.81. The summed E-state index contributed by atoms with van der Waals surface area (Å²) in [7, 11) is 0. The number of nitrogens with zero attached hydrogens (tertiary/aromatic N) is 4. The molecule has 0 aliphatic heterocycles. The highest BCUT2D eigenvalue weighted by molar-refractivity contribution is 6.30. The van der Waals surface area contributed by atoms with Crippen molar-refractivity contribution in [3.8, 4) is 0 Å². The lowest BCUT2D eigenvalue weighted by atomic mass is 10.1. The van der Waals surface area contributed by atoms with Crippen LogP contribution in [0.4, 0.5) is 4.79 Å². The van der Waals surface area contributed by atoms with Gasteiger partial charge in [-0.05, 0) is 22.9 Å². The van der Waals surface area contributed by atoms with E-state index in [1.54, 1.807) is 6.07 Å². The van der Waals surface area contributed by atoms with Crippen LogP contribution in [0.5, 0.6) is 0 Å². The largest absolute Gasteiger partial charge is 0.447 e. The summed E-state index contributed by atoms with van der Waals surface area (Å²) in [4.78, 5) is 12.1. The van der Waals surface area contributed by atoms with Crippen molar-refractivity contribution in [2.24, 2.45) is 5.73 Å². The first-order chi connectivity index (χ1) is 9.15. The lowest BCUT2D eigenvalue weighted by Crippen LogP contribution is -2.24. The number of carbonyl (C=O) groups is 1. The van der Waals surface area contributed by atoms with Gasteiger partial charge in [-0.2, -0.15) is 4.80 Å². The van der Waals surface area contributed by atoms with Gasteiger partial charge in [0.25, 0.3) is 0 Å². The Hall–Kier alpha value is -2.15. The van der Waals surface area contributed by atoms with E-state index in [2.05, 4.69) is 15.4 Å². The van der Waals surface area contributed by atoms with Crippen LogP contribution < -0.4 is 5.73 Å². The smallest absolute Gasteiger partial charge is 0.404 e. The monoisotopic (exact) mass is 281 g/mol. The van der Waals surface area contributed by atoms with Crippen LogP contribution in [0.1, 0.15) is 11.6 Å². The van der Waals surface area contributed by atoms with Gasteiger partial charge in [0.05, 0.1) is 0 Å². The second-order valence-corrected chi connectivity index (χ2v) is 4.31. The van der Waals surface area contributed by atoms with Crippen LogP contribution in [0.3, 0.4) is 0 Å². The summed E-state index contributed by atoms with van der Waals surface area (Å²) in [5, 5.41) is 12.0. The number of tetrazole rings is 1. The van der Waals surface area contributed by atoms with Crippen molar-refractivity contribution < 1.29 is 9.53 Å². The Labute approximate surface area is 114 Å². The van der Waals surface area contributed by atoms with E-state index in [0.29, 0.717) is 11.4 Å². The Kier molecular flexibility index (Phi) is 4.30. The minimum atomic E-state index is -0.837. The molecule has 1 amide bonds. The number of aromatic nitrogens is 4. The molecule has 1 unspecified atom stereocenters. The van der Waals surface area contributed by atoms with Crippen molar-refractivity contribution in [2.75, 3.05) is 6.61 Å². The van der Waals surface area contributed by atoms with Crippen LogP contribution in [0, 0.1) is 0 Å². The molecule has 2 aromatic rings. The fraction of sp³-hybridized carbons (Fsp3) is 0.273. The van der Waals surface area contributed by atoms with Gasteiger partial charge in [0, 0.05) is 11.4 Å². The predicted molar refractivity (Wildman–Crippen MR) is 67.5 cm³/mol. The van der Waals surface area contributed by atoms with Gasteiger partial charge < -0.3 is 10.5 Å². The molecule has 0 fully saturated rings. The molecule has 19 heavy (non-hydrogen) atoms. The number of amides is 1. The Balaban J connectivity index is 2.11. The zero-order valence-electron chi connectivity index (χ0n) is 9.94. The summed E-state index contributed by atoms with van der Waals surface area (Å²) in [6, 6.07) is 7.09. The lowest BCUT2D eigenvalue weighted by Gasteiger charge is -2.15. The average molecular weight is 282 g/mol. The molecule has 7 nitrogen and oxygen atoms in total. The van der Waals surface area contributed by atoms with Crippen molar-refractivity contribution in [3.63, 3.8) is 0 Å². The third-order valence-electron chi connectivity index (χ3n) is 2.47. The molecule has 0 saturated carbocycles. The van der Waals surface area contributed by atoms with Gasteiger partial charge in [-0.15, -0.1) is 10.2 Å². The normalized spacial score (nSPS) is 12.1. The molecule has 0 aliphatic rings. The number of halogens is 1. The first-order valence-corrected chi connectivity index (χ1v) is 5.92. The zero-order chi connectivity index (χ0) is 13.7. The predicted octanol–water partition coefficient (Wildman–Crippen LogP) is 1.21. The quantitative estimate of drug-likeness (QED) is 0.888. The number of rotatable bonds is 5. The molecular weight excluding hydrogens is 270 g/mol. The van der Waals surface area contributed by atoms with Gasteiger partial charge in [0.15, 0.2) is 6.33 Å². The topological polar surface area (TPSA) is 95.9 Å². The van der Waals surface area contributed by atoms with E-state index in [0.717, 1.165) is 5.56 Å². The Morgan fingerprint density at radius 1 is 1.53 bits per heavy atom. The third kappa shape index (κ3) is 3.92. The molecule has 8 heteroatoms. The lowest BCUT2D eigenvalue weighted by molar-refractivity contribution is 0.130. The second kappa shape index (κ2) is 6.14. The van der Waals surface area contributed by atoms with E-state index in [9.17, 15) is 4.79 Å². The third-order valence-corrected chi connectivity index (χ3v) is 2.70. The van der Waals surface area contributed by atoms with Gasteiger partial charge in [0.2, 0.25) is 0 Å². The average Bonchev–Trinajstić information content (AvgIpc) is 2.88. The molecule has 0 saturated heterocycles.